The number of carbonyl (C=O) groups is 2. The Labute approximate surface area is 97.6 Å². The lowest BCUT2D eigenvalue weighted by molar-refractivity contribution is -0.140. The van der Waals surface area contributed by atoms with E-state index >= 15 is 0 Å². The lowest BCUT2D eigenvalue weighted by atomic mass is 10.3. The number of unbranched alkanes of at least 4 members (excludes halogenated alkanes) is 2. The first-order valence-corrected chi connectivity index (χ1v) is 6.62. The molecule has 1 N–H and O–H groups in total. The van der Waals surface area contributed by atoms with Gasteiger partial charge in [-0.1, -0.05) is 19.8 Å². The van der Waals surface area contributed by atoms with E-state index in [9.17, 15) is 13.8 Å². The van der Waals surface area contributed by atoms with Crippen molar-refractivity contribution in [2.24, 2.45) is 0 Å². The van der Waals surface area contributed by atoms with E-state index < -0.39 is 28.0 Å². The summed E-state index contributed by atoms with van der Waals surface area (Å²) in [6.07, 6.45) is 2.78. The average molecular weight is 250 g/mol. The number of aliphatic carboxylic acids is 1. The summed E-state index contributed by atoms with van der Waals surface area (Å²) in [7, 11) is -1.71. The van der Waals surface area contributed by atoms with E-state index in [4.69, 9.17) is 9.84 Å². The molecule has 0 aromatic carbocycles. The fraction of sp³-hybridized carbons (Fsp3) is 0.800. The van der Waals surface area contributed by atoms with Crippen molar-refractivity contribution in [1.29, 1.82) is 0 Å². The van der Waals surface area contributed by atoms with Crippen molar-refractivity contribution in [3.63, 3.8) is 0 Å². The van der Waals surface area contributed by atoms with Crippen LogP contribution in [0, 0.1) is 0 Å². The molecule has 0 fully saturated rings. The van der Waals surface area contributed by atoms with Crippen molar-refractivity contribution in [2.45, 2.75) is 38.4 Å². The fourth-order valence-electron chi connectivity index (χ4n) is 0.933. The number of esters is 1. The fourth-order valence-corrected chi connectivity index (χ4v) is 1.72. The molecule has 0 aromatic rings. The summed E-state index contributed by atoms with van der Waals surface area (Å²) in [5, 5.41) is 7.53. The molecule has 0 rings (SSSR count). The molecule has 16 heavy (non-hydrogen) atoms. The first-order chi connectivity index (χ1) is 7.49. The number of hydrogen-bond donors (Lipinski definition) is 1. The highest BCUT2D eigenvalue weighted by Gasteiger charge is 2.21. The van der Waals surface area contributed by atoms with Gasteiger partial charge in [-0.05, 0) is 13.3 Å². The van der Waals surface area contributed by atoms with E-state index in [1.54, 1.807) is 0 Å². The minimum absolute atomic E-state index is 0.311. The summed E-state index contributed by atoms with van der Waals surface area (Å²) in [4.78, 5) is 21.6. The molecule has 0 aliphatic heterocycles. The Balaban J connectivity index is 3.79. The van der Waals surface area contributed by atoms with Crippen LogP contribution in [-0.2, 0) is 25.1 Å². The minimum Gasteiger partial charge on any atom is -0.480 e. The maximum absolute atomic E-state index is 11.3. The monoisotopic (exact) mass is 250 g/mol. The van der Waals surface area contributed by atoms with Gasteiger partial charge in [0, 0.05) is 10.8 Å². The molecule has 0 saturated carbocycles. The van der Waals surface area contributed by atoms with Gasteiger partial charge in [0.25, 0.3) is 0 Å². The molecular formula is C10H18O5S. The van der Waals surface area contributed by atoms with Gasteiger partial charge in [0.15, 0.2) is 0 Å². The Bertz CT molecular complexity index is 264. The molecular weight excluding hydrogens is 232 g/mol. The Hall–Kier alpha value is -0.910. The summed E-state index contributed by atoms with van der Waals surface area (Å²) in [6, 6.07) is 0. The van der Waals surface area contributed by atoms with E-state index in [1.807, 2.05) is 6.92 Å². The third-order valence-electron chi connectivity index (χ3n) is 2.01. The van der Waals surface area contributed by atoms with Crippen LogP contribution in [-0.4, -0.2) is 38.9 Å². The van der Waals surface area contributed by atoms with E-state index in [0.29, 0.717) is 6.61 Å². The van der Waals surface area contributed by atoms with Crippen LogP contribution in [0.2, 0.25) is 0 Å². The maximum atomic E-state index is 11.3. The molecule has 2 atom stereocenters. The Kier molecular flexibility index (Phi) is 7.80. The third-order valence-corrected chi connectivity index (χ3v) is 3.52. The summed E-state index contributed by atoms with van der Waals surface area (Å²) in [5.41, 5.74) is 0. The van der Waals surface area contributed by atoms with Gasteiger partial charge in [-0.2, -0.15) is 0 Å². The Morgan fingerprint density at radius 3 is 2.50 bits per heavy atom. The topological polar surface area (TPSA) is 80.7 Å². The predicted molar refractivity (Wildman–Crippen MR) is 60.6 cm³/mol. The molecule has 0 bridgehead atoms. The summed E-state index contributed by atoms with van der Waals surface area (Å²) in [5.74, 6) is -2.11. The number of rotatable bonds is 8. The molecule has 0 amide bonds. The van der Waals surface area contributed by atoms with Crippen LogP contribution in [0.25, 0.3) is 0 Å². The number of carboxylic acid groups (broad SMARTS) is 1. The molecule has 6 heteroatoms. The summed E-state index contributed by atoms with van der Waals surface area (Å²) in [6.45, 7) is 3.65. The van der Waals surface area contributed by atoms with Crippen LogP contribution in [0.1, 0.15) is 33.1 Å². The van der Waals surface area contributed by atoms with Gasteiger partial charge < -0.3 is 9.84 Å². The van der Waals surface area contributed by atoms with Crippen molar-refractivity contribution in [1.82, 2.24) is 0 Å². The second-order valence-corrected chi connectivity index (χ2v) is 5.19. The highest BCUT2D eigenvalue weighted by atomic mass is 32.2. The number of carbonyl (C=O) groups excluding carboxylic acids is 1. The minimum atomic E-state index is -1.71. The predicted octanol–water partition coefficient (Wildman–Crippen LogP) is 0.942. The van der Waals surface area contributed by atoms with Crippen LogP contribution < -0.4 is 0 Å². The van der Waals surface area contributed by atoms with Crippen molar-refractivity contribution < 1.29 is 23.6 Å². The number of hydrogen-bond acceptors (Lipinski definition) is 4. The van der Waals surface area contributed by atoms with E-state index in [0.717, 1.165) is 19.3 Å². The van der Waals surface area contributed by atoms with Crippen LogP contribution in [0.15, 0.2) is 0 Å². The largest absolute Gasteiger partial charge is 0.480 e. The van der Waals surface area contributed by atoms with Crippen LogP contribution >= 0.6 is 0 Å². The highest BCUT2D eigenvalue weighted by molar-refractivity contribution is 7.87. The van der Waals surface area contributed by atoms with Crippen molar-refractivity contribution >= 4 is 22.7 Å². The second kappa shape index (κ2) is 8.27. The molecule has 0 aromatic heterocycles. The Morgan fingerprint density at radius 1 is 1.38 bits per heavy atom. The highest BCUT2D eigenvalue weighted by Crippen LogP contribution is 1.99. The SMILES string of the molecule is CCCCCOC(=O)CS(=O)C(C)C(=O)O. The molecule has 2 unspecified atom stereocenters. The maximum Gasteiger partial charge on any atom is 0.318 e. The lowest BCUT2D eigenvalue weighted by Crippen LogP contribution is -2.27. The number of ether oxygens (including phenoxy) is 1. The van der Waals surface area contributed by atoms with Gasteiger partial charge in [0.2, 0.25) is 0 Å². The molecule has 0 aliphatic carbocycles. The molecule has 0 spiro atoms. The van der Waals surface area contributed by atoms with Gasteiger partial charge in [-0.3, -0.25) is 13.8 Å². The molecule has 5 nitrogen and oxygen atoms in total. The average Bonchev–Trinajstić information content (AvgIpc) is 2.23. The van der Waals surface area contributed by atoms with Crippen LogP contribution in [0.4, 0.5) is 0 Å². The molecule has 94 valence electrons. The number of carboxylic acids is 1. The molecule has 0 radical (unpaired) electrons. The van der Waals surface area contributed by atoms with E-state index in [-0.39, 0.29) is 5.75 Å². The lowest BCUT2D eigenvalue weighted by Gasteiger charge is -2.06. The molecule has 0 saturated heterocycles. The van der Waals surface area contributed by atoms with Gasteiger partial charge in [-0.15, -0.1) is 0 Å². The second-order valence-electron chi connectivity index (χ2n) is 3.43. The van der Waals surface area contributed by atoms with Crippen molar-refractivity contribution in [3.05, 3.63) is 0 Å². The van der Waals surface area contributed by atoms with Crippen molar-refractivity contribution in [3.8, 4) is 0 Å². The summed E-state index contributed by atoms with van der Waals surface area (Å²) >= 11 is 0. The quantitative estimate of drug-likeness (QED) is 0.512. The summed E-state index contributed by atoms with van der Waals surface area (Å²) < 4.78 is 16.1. The normalized spacial score (nSPS) is 14.1. The zero-order chi connectivity index (χ0) is 12.6. The van der Waals surface area contributed by atoms with E-state index in [1.165, 1.54) is 6.92 Å². The van der Waals surface area contributed by atoms with Gasteiger partial charge in [0.1, 0.15) is 11.0 Å². The van der Waals surface area contributed by atoms with Gasteiger partial charge >= 0.3 is 11.9 Å². The third kappa shape index (κ3) is 6.55. The van der Waals surface area contributed by atoms with Crippen LogP contribution in [0.5, 0.6) is 0 Å². The molecule has 0 heterocycles. The Morgan fingerprint density at radius 2 is 2.00 bits per heavy atom. The van der Waals surface area contributed by atoms with E-state index in [2.05, 4.69) is 0 Å². The molecule has 0 aliphatic rings. The van der Waals surface area contributed by atoms with Crippen molar-refractivity contribution in [2.75, 3.05) is 12.4 Å². The standard InChI is InChI=1S/C10H18O5S/c1-3-4-5-6-15-9(11)7-16(14)8(2)10(12)13/h8H,3-7H2,1-2H3,(H,12,13). The van der Waals surface area contributed by atoms with Gasteiger partial charge in [-0.25, -0.2) is 0 Å². The smallest absolute Gasteiger partial charge is 0.318 e. The zero-order valence-electron chi connectivity index (χ0n) is 9.60. The first kappa shape index (κ1) is 15.1. The van der Waals surface area contributed by atoms with Gasteiger partial charge in [0.05, 0.1) is 6.61 Å². The first-order valence-electron chi connectivity index (χ1n) is 5.24. The van der Waals surface area contributed by atoms with Crippen LogP contribution in [0.3, 0.4) is 0 Å². The zero-order valence-corrected chi connectivity index (χ0v) is 10.4.